The van der Waals surface area contributed by atoms with Crippen LogP contribution in [-0.4, -0.2) is 23.1 Å². The van der Waals surface area contributed by atoms with Gasteiger partial charge in [0.1, 0.15) is 0 Å². The molecule has 0 saturated heterocycles. The minimum absolute atomic E-state index is 0.281. The minimum Gasteiger partial charge on any atom is -0.478 e. The van der Waals surface area contributed by atoms with Crippen LogP contribution in [0.5, 0.6) is 5.88 Å². The van der Waals surface area contributed by atoms with Gasteiger partial charge in [-0.15, -0.1) is 0 Å². The zero-order chi connectivity index (χ0) is 13.6. The molecule has 0 radical (unpaired) electrons. The highest BCUT2D eigenvalue weighted by Gasteiger charge is 2.19. The Bertz CT molecular complexity index is 360. The van der Waals surface area contributed by atoms with E-state index in [1.54, 1.807) is 12.3 Å². The third-order valence-electron chi connectivity index (χ3n) is 3.13. The number of aromatic nitrogens is 2. The van der Waals surface area contributed by atoms with E-state index in [0.717, 1.165) is 13.0 Å². The van der Waals surface area contributed by atoms with Gasteiger partial charge >= 0.3 is 0 Å². The topological polar surface area (TPSA) is 47.0 Å². The molecule has 0 spiro atoms. The van der Waals surface area contributed by atoms with Gasteiger partial charge in [-0.1, -0.05) is 34.6 Å². The Hall–Kier alpha value is -1.32. The Kier molecular flexibility index (Phi) is 5.38. The zero-order valence-corrected chi connectivity index (χ0v) is 12.2. The molecule has 102 valence electrons. The van der Waals surface area contributed by atoms with Crippen LogP contribution in [0, 0.1) is 11.3 Å². The van der Waals surface area contributed by atoms with Crippen LogP contribution in [-0.2, 0) is 0 Å². The molecule has 1 N–H and O–H groups in total. The van der Waals surface area contributed by atoms with Gasteiger partial charge in [0.05, 0.1) is 6.61 Å². The van der Waals surface area contributed by atoms with Crippen LogP contribution in [0.4, 0.5) is 5.95 Å². The maximum atomic E-state index is 5.48. The van der Waals surface area contributed by atoms with Crippen molar-refractivity contribution < 1.29 is 4.74 Å². The molecule has 0 amide bonds. The lowest BCUT2D eigenvalue weighted by Gasteiger charge is -2.27. The molecule has 1 aromatic rings. The molecule has 4 heteroatoms. The van der Waals surface area contributed by atoms with Crippen LogP contribution in [0.2, 0.25) is 0 Å². The van der Waals surface area contributed by atoms with Gasteiger partial charge in [0.2, 0.25) is 11.8 Å². The molecule has 4 nitrogen and oxygen atoms in total. The first-order valence-electron chi connectivity index (χ1n) is 6.63. The summed E-state index contributed by atoms with van der Waals surface area (Å²) in [6.45, 7) is 12.6. The third-order valence-corrected chi connectivity index (χ3v) is 3.13. The highest BCUT2D eigenvalue weighted by Crippen LogP contribution is 2.25. The second-order valence-electron chi connectivity index (χ2n) is 5.71. The van der Waals surface area contributed by atoms with E-state index in [0.29, 0.717) is 24.4 Å². The van der Waals surface area contributed by atoms with E-state index >= 15 is 0 Å². The number of hydrogen-bond donors (Lipinski definition) is 1. The fourth-order valence-corrected chi connectivity index (χ4v) is 1.26. The first kappa shape index (κ1) is 14.7. The van der Waals surface area contributed by atoms with Crippen molar-refractivity contribution >= 4 is 5.95 Å². The molecular weight excluding hydrogens is 226 g/mol. The van der Waals surface area contributed by atoms with E-state index in [2.05, 4.69) is 49.9 Å². The van der Waals surface area contributed by atoms with Gasteiger partial charge in [0.25, 0.3) is 0 Å². The average molecular weight is 251 g/mol. The lowest BCUT2D eigenvalue weighted by atomic mass is 9.82. The van der Waals surface area contributed by atoms with E-state index in [1.165, 1.54) is 0 Å². The highest BCUT2D eigenvalue weighted by molar-refractivity contribution is 5.27. The van der Waals surface area contributed by atoms with Crippen molar-refractivity contribution in [3.63, 3.8) is 0 Å². The smallest absolute Gasteiger partial charge is 0.225 e. The molecule has 0 bridgehead atoms. The number of rotatable bonds is 6. The Morgan fingerprint density at radius 1 is 1.39 bits per heavy atom. The van der Waals surface area contributed by atoms with Gasteiger partial charge in [-0.2, -0.15) is 4.98 Å². The molecule has 1 atom stereocenters. The van der Waals surface area contributed by atoms with E-state index in [9.17, 15) is 0 Å². The monoisotopic (exact) mass is 251 g/mol. The summed E-state index contributed by atoms with van der Waals surface area (Å²) in [7, 11) is 0. The van der Waals surface area contributed by atoms with Gasteiger partial charge in [-0.25, -0.2) is 4.98 Å². The molecule has 0 aliphatic rings. The summed E-state index contributed by atoms with van der Waals surface area (Å²) in [5.41, 5.74) is 0.281. The highest BCUT2D eigenvalue weighted by atomic mass is 16.5. The molecule has 1 rings (SSSR count). The number of nitrogens with zero attached hydrogens (tertiary/aromatic N) is 2. The maximum absolute atomic E-state index is 5.48. The number of hydrogen-bond acceptors (Lipinski definition) is 4. The third kappa shape index (κ3) is 4.90. The van der Waals surface area contributed by atoms with Gasteiger partial charge in [0.15, 0.2) is 0 Å². The van der Waals surface area contributed by atoms with Crippen LogP contribution in [0.15, 0.2) is 12.3 Å². The fraction of sp³-hybridized carbons (Fsp3) is 0.714. The number of nitrogens with one attached hydrogen (secondary N) is 1. The zero-order valence-electron chi connectivity index (χ0n) is 12.2. The van der Waals surface area contributed by atoms with Crippen molar-refractivity contribution in [2.45, 2.75) is 41.0 Å². The lowest BCUT2D eigenvalue weighted by molar-refractivity contribution is 0.274. The molecule has 1 unspecified atom stereocenters. The Morgan fingerprint density at radius 2 is 2.11 bits per heavy atom. The summed E-state index contributed by atoms with van der Waals surface area (Å²) in [6, 6.07) is 1.79. The normalized spacial score (nSPS) is 13.2. The molecule has 1 aromatic heterocycles. The Balaban J connectivity index is 2.52. The summed E-state index contributed by atoms with van der Waals surface area (Å²) >= 11 is 0. The van der Waals surface area contributed by atoms with Crippen molar-refractivity contribution in [3.8, 4) is 5.88 Å². The first-order chi connectivity index (χ1) is 8.43. The Labute approximate surface area is 110 Å². The summed E-state index contributed by atoms with van der Waals surface area (Å²) in [5, 5.41) is 3.27. The van der Waals surface area contributed by atoms with E-state index in [4.69, 9.17) is 4.74 Å². The quantitative estimate of drug-likeness (QED) is 0.842. The van der Waals surface area contributed by atoms with Crippen molar-refractivity contribution in [2.75, 3.05) is 18.5 Å². The van der Waals surface area contributed by atoms with Crippen LogP contribution in [0.25, 0.3) is 0 Å². The molecule has 0 aliphatic carbocycles. The van der Waals surface area contributed by atoms with Crippen molar-refractivity contribution in [1.82, 2.24) is 9.97 Å². The molecule has 0 aromatic carbocycles. The molecule has 0 aliphatic heterocycles. The summed E-state index contributed by atoms with van der Waals surface area (Å²) < 4.78 is 5.48. The van der Waals surface area contributed by atoms with Crippen molar-refractivity contribution in [1.29, 1.82) is 0 Å². The molecular formula is C14H25N3O. The van der Waals surface area contributed by atoms with Crippen LogP contribution >= 0.6 is 0 Å². The maximum Gasteiger partial charge on any atom is 0.225 e. The van der Waals surface area contributed by atoms with Crippen LogP contribution in [0.3, 0.4) is 0 Å². The largest absolute Gasteiger partial charge is 0.478 e. The van der Waals surface area contributed by atoms with Crippen LogP contribution in [0.1, 0.15) is 41.0 Å². The standard InChI is InChI=1S/C14H25N3O/c1-6-9-18-12-7-8-15-13(17-12)16-10-11(2)14(3,4)5/h7-8,11H,6,9-10H2,1-5H3,(H,15,16,17). The molecule has 0 fully saturated rings. The van der Waals surface area contributed by atoms with Gasteiger partial charge < -0.3 is 10.1 Å². The molecule has 18 heavy (non-hydrogen) atoms. The fourth-order valence-electron chi connectivity index (χ4n) is 1.26. The van der Waals surface area contributed by atoms with E-state index in [-0.39, 0.29) is 5.41 Å². The molecule has 0 saturated carbocycles. The van der Waals surface area contributed by atoms with Gasteiger partial charge in [-0.3, -0.25) is 0 Å². The van der Waals surface area contributed by atoms with Crippen LogP contribution < -0.4 is 10.1 Å². The van der Waals surface area contributed by atoms with E-state index in [1.807, 2.05) is 0 Å². The average Bonchev–Trinajstić information content (AvgIpc) is 2.32. The Morgan fingerprint density at radius 3 is 2.72 bits per heavy atom. The summed E-state index contributed by atoms with van der Waals surface area (Å²) in [4.78, 5) is 8.52. The van der Waals surface area contributed by atoms with Gasteiger partial charge in [-0.05, 0) is 17.8 Å². The number of anilines is 1. The first-order valence-corrected chi connectivity index (χ1v) is 6.63. The minimum atomic E-state index is 0.281. The van der Waals surface area contributed by atoms with E-state index < -0.39 is 0 Å². The SMILES string of the molecule is CCCOc1ccnc(NCC(C)C(C)(C)C)n1. The van der Waals surface area contributed by atoms with Crippen molar-refractivity contribution in [2.24, 2.45) is 11.3 Å². The second kappa shape index (κ2) is 6.57. The predicted molar refractivity (Wildman–Crippen MR) is 74.9 cm³/mol. The summed E-state index contributed by atoms with van der Waals surface area (Å²) in [5.74, 6) is 1.82. The number of ether oxygens (including phenoxy) is 1. The van der Waals surface area contributed by atoms with Crippen molar-refractivity contribution in [3.05, 3.63) is 12.3 Å². The molecule has 1 heterocycles. The second-order valence-corrected chi connectivity index (χ2v) is 5.71. The van der Waals surface area contributed by atoms with Gasteiger partial charge in [0, 0.05) is 18.8 Å². The lowest BCUT2D eigenvalue weighted by Crippen LogP contribution is -2.25. The predicted octanol–water partition coefficient (Wildman–Crippen LogP) is 3.36. The summed E-state index contributed by atoms with van der Waals surface area (Å²) in [6.07, 6.45) is 2.70.